The fourth-order valence-corrected chi connectivity index (χ4v) is 8.59. The molecule has 10 nitrogen and oxygen atoms in total. The van der Waals surface area contributed by atoms with Crippen LogP contribution in [0.2, 0.25) is 0 Å². The van der Waals surface area contributed by atoms with Crippen LogP contribution in [0.25, 0.3) is 0 Å². The van der Waals surface area contributed by atoms with Gasteiger partial charge in [-0.3, -0.25) is 29.3 Å². The molecule has 6 unspecified atom stereocenters. The molecule has 4 aliphatic rings. The van der Waals surface area contributed by atoms with Gasteiger partial charge in [0.2, 0.25) is 11.8 Å². The van der Waals surface area contributed by atoms with Crippen molar-refractivity contribution < 1.29 is 33.6 Å². The third-order valence-corrected chi connectivity index (χ3v) is 11.2. The Bertz CT molecular complexity index is 1930. The van der Waals surface area contributed by atoms with Gasteiger partial charge in [0.1, 0.15) is 11.6 Å². The molecule has 3 aromatic rings. The zero-order chi connectivity index (χ0) is 32.9. The van der Waals surface area contributed by atoms with Crippen molar-refractivity contribution in [2.75, 3.05) is 9.80 Å². The molecule has 3 aromatic carbocycles. The van der Waals surface area contributed by atoms with E-state index in [-0.39, 0.29) is 41.2 Å². The van der Waals surface area contributed by atoms with Gasteiger partial charge in [-0.25, -0.2) is 14.2 Å². The topological polar surface area (TPSA) is 138 Å². The number of rotatable bonds is 4. The molecule has 1 saturated carbocycles. The quantitative estimate of drug-likeness (QED) is 0.128. The Hall–Kier alpha value is -4.61. The van der Waals surface area contributed by atoms with Crippen LogP contribution >= 0.6 is 23.2 Å². The van der Waals surface area contributed by atoms with Crippen LogP contribution in [0.4, 0.5) is 21.5 Å². The first-order chi connectivity index (χ1) is 21.8. The maximum absolute atomic E-state index is 14.4. The van der Waals surface area contributed by atoms with Gasteiger partial charge in [0, 0.05) is 23.6 Å². The molecule has 4 amide bonds. The van der Waals surface area contributed by atoms with Gasteiger partial charge in [0.05, 0.1) is 28.1 Å². The number of hydrogen-bond acceptors (Lipinski definition) is 7. The Labute approximate surface area is 271 Å². The third-order valence-electron chi connectivity index (χ3n) is 9.77. The first kappa shape index (κ1) is 30.1. The Morgan fingerprint density at radius 3 is 2.30 bits per heavy atom. The third kappa shape index (κ3) is 3.88. The van der Waals surface area contributed by atoms with Crippen molar-refractivity contribution in [3.05, 3.63) is 105 Å². The maximum Gasteiger partial charge on any atom is 0.271 e. The number of aromatic hydroxyl groups is 1. The van der Waals surface area contributed by atoms with E-state index in [9.17, 15) is 38.8 Å². The summed E-state index contributed by atoms with van der Waals surface area (Å²) in [4.78, 5) is 64.8. The Balaban J connectivity index is 1.40. The van der Waals surface area contributed by atoms with Gasteiger partial charge in [0.25, 0.3) is 17.5 Å². The number of non-ortho nitro benzene ring substituents is 1. The fourth-order valence-electron chi connectivity index (χ4n) is 7.66. The summed E-state index contributed by atoms with van der Waals surface area (Å²) in [6.45, 7) is 1.65. The fraction of sp³-hybridized carbons (Fsp3) is 0.273. The van der Waals surface area contributed by atoms with E-state index >= 15 is 0 Å². The summed E-state index contributed by atoms with van der Waals surface area (Å²) in [5.74, 6) is -7.72. The minimum Gasteiger partial charge on any atom is -0.507 e. The van der Waals surface area contributed by atoms with E-state index in [2.05, 4.69) is 0 Å². The highest BCUT2D eigenvalue weighted by Gasteiger charge is 2.77. The molecule has 0 radical (unpaired) electrons. The molecule has 2 aliphatic heterocycles. The van der Waals surface area contributed by atoms with E-state index < -0.39 is 67.8 Å². The van der Waals surface area contributed by atoms with Crippen LogP contribution < -0.4 is 9.80 Å². The predicted octanol–water partition coefficient (Wildman–Crippen LogP) is 5.52. The molecule has 2 saturated heterocycles. The van der Waals surface area contributed by atoms with E-state index in [0.717, 1.165) is 28.0 Å². The summed E-state index contributed by atoms with van der Waals surface area (Å²) in [5, 5.41) is 22.7. The SMILES string of the molecule is Cc1cccc(C2C3=CCC4C(=O)N(c5cccc([N+](=O)[O-])c5)C(=O)C4C3CC3(Cl)C(=O)N(c4ccc(F)cc4)C(=O)C23Cl)c1O. The first-order valence-electron chi connectivity index (χ1n) is 14.4. The zero-order valence-corrected chi connectivity index (χ0v) is 25.5. The molecular formula is C33H24Cl2FN3O7. The number of nitro groups is 1. The minimum atomic E-state index is -2.19. The van der Waals surface area contributed by atoms with E-state index in [1.165, 1.54) is 30.3 Å². The number of phenolic OH excluding ortho intramolecular Hbond substituents is 1. The number of allylic oxidation sites excluding steroid dienone is 2. The van der Waals surface area contributed by atoms with Crippen LogP contribution in [-0.4, -0.2) is 43.4 Å². The van der Waals surface area contributed by atoms with Crippen molar-refractivity contribution >= 4 is 63.9 Å². The molecule has 13 heteroatoms. The number of halogens is 3. The van der Waals surface area contributed by atoms with E-state index in [1.807, 2.05) is 0 Å². The number of carbonyl (C=O) groups is 4. The summed E-state index contributed by atoms with van der Waals surface area (Å²) >= 11 is 14.6. The van der Waals surface area contributed by atoms with Gasteiger partial charge >= 0.3 is 0 Å². The highest BCUT2D eigenvalue weighted by Crippen LogP contribution is 2.66. The van der Waals surface area contributed by atoms with Crippen molar-refractivity contribution in [2.45, 2.75) is 35.4 Å². The molecule has 0 aromatic heterocycles. The molecule has 6 atom stereocenters. The predicted molar refractivity (Wildman–Crippen MR) is 165 cm³/mol. The molecule has 2 heterocycles. The highest BCUT2D eigenvalue weighted by atomic mass is 35.5. The minimum absolute atomic E-state index is 0.0331. The Kier molecular flexibility index (Phi) is 6.67. The number of hydrogen-bond donors (Lipinski definition) is 1. The van der Waals surface area contributed by atoms with Crippen molar-refractivity contribution in [3.63, 3.8) is 0 Å². The average Bonchev–Trinajstić information content (AvgIpc) is 3.37. The van der Waals surface area contributed by atoms with Crippen molar-refractivity contribution in [2.24, 2.45) is 17.8 Å². The number of nitro benzene ring substituents is 1. The zero-order valence-electron chi connectivity index (χ0n) is 24.0. The number of fused-ring (bicyclic) bond motifs is 4. The number of para-hydroxylation sites is 1. The van der Waals surface area contributed by atoms with Crippen molar-refractivity contribution in [1.82, 2.24) is 0 Å². The van der Waals surface area contributed by atoms with Crippen molar-refractivity contribution in [3.8, 4) is 5.75 Å². The maximum atomic E-state index is 14.4. The lowest BCUT2D eigenvalue weighted by molar-refractivity contribution is -0.384. The van der Waals surface area contributed by atoms with E-state index in [4.69, 9.17) is 23.2 Å². The second kappa shape index (κ2) is 10.2. The lowest BCUT2D eigenvalue weighted by Gasteiger charge is -2.50. The lowest BCUT2D eigenvalue weighted by Crippen LogP contribution is -2.60. The number of alkyl halides is 2. The van der Waals surface area contributed by atoms with Crippen LogP contribution in [0.15, 0.2) is 78.4 Å². The van der Waals surface area contributed by atoms with Gasteiger partial charge in [0.15, 0.2) is 9.75 Å². The second-order valence-corrected chi connectivity index (χ2v) is 13.3. The number of anilines is 2. The van der Waals surface area contributed by atoms with Gasteiger partial charge in [-0.15, -0.1) is 23.2 Å². The molecule has 0 spiro atoms. The molecule has 46 heavy (non-hydrogen) atoms. The standard InChI is InChI=1S/C33H24Cl2FN3O7/c1-16-4-2-7-23(27(16)40)26-21-12-13-22-25(29(42)37(28(22)41)19-5-3-6-20(14-19)39(45)46)24(21)15-32(34)30(43)38(31(44)33(26,32)35)18-10-8-17(36)9-11-18/h2-12,14,22,24-26,40H,13,15H2,1H3. The van der Waals surface area contributed by atoms with Gasteiger partial charge in [-0.2, -0.15) is 0 Å². The molecule has 2 aliphatic carbocycles. The van der Waals surface area contributed by atoms with Crippen LogP contribution in [-0.2, 0) is 19.2 Å². The number of carbonyl (C=O) groups excluding carboxylic acids is 4. The number of phenols is 1. The highest BCUT2D eigenvalue weighted by molar-refractivity contribution is 6.58. The molecular weight excluding hydrogens is 640 g/mol. The number of nitrogens with zero attached hydrogens (tertiary/aromatic N) is 3. The molecule has 0 bridgehead atoms. The summed E-state index contributed by atoms with van der Waals surface area (Å²) < 4.78 is 13.8. The van der Waals surface area contributed by atoms with Crippen LogP contribution in [0, 0.1) is 40.6 Å². The van der Waals surface area contributed by atoms with E-state index in [1.54, 1.807) is 31.2 Å². The van der Waals surface area contributed by atoms with E-state index in [0.29, 0.717) is 11.1 Å². The largest absolute Gasteiger partial charge is 0.507 e. The number of benzene rings is 3. The monoisotopic (exact) mass is 663 g/mol. The van der Waals surface area contributed by atoms with Crippen LogP contribution in [0.1, 0.15) is 29.9 Å². The molecule has 1 N–H and O–H groups in total. The van der Waals surface area contributed by atoms with Gasteiger partial charge < -0.3 is 5.11 Å². The molecule has 234 valence electrons. The van der Waals surface area contributed by atoms with Crippen molar-refractivity contribution in [1.29, 1.82) is 0 Å². The Morgan fingerprint density at radius 2 is 1.61 bits per heavy atom. The number of amides is 4. The lowest BCUT2D eigenvalue weighted by atomic mass is 9.56. The van der Waals surface area contributed by atoms with Crippen LogP contribution in [0.5, 0.6) is 5.75 Å². The number of aryl methyl sites for hydroxylation is 1. The van der Waals surface area contributed by atoms with Crippen LogP contribution in [0.3, 0.4) is 0 Å². The first-order valence-corrected chi connectivity index (χ1v) is 15.2. The molecule has 7 rings (SSSR count). The normalized spacial score (nSPS) is 30.2. The van der Waals surface area contributed by atoms with Gasteiger partial charge in [-0.05, 0) is 61.6 Å². The average molecular weight is 664 g/mol. The summed E-state index contributed by atoms with van der Waals surface area (Å²) in [6.07, 6.45) is 1.49. The van der Waals surface area contributed by atoms with Gasteiger partial charge in [-0.1, -0.05) is 35.9 Å². The second-order valence-electron chi connectivity index (χ2n) is 12.1. The summed E-state index contributed by atoms with van der Waals surface area (Å²) in [7, 11) is 0. The smallest absolute Gasteiger partial charge is 0.271 e. The Morgan fingerprint density at radius 1 is 0.913 bits per heavy atom. The summed E-state index contributed by atoms with van der Waals surface area (Å²) in [5.41, 5.74) is 0.913. The molecule has 3 fully saturated rings. The number of imide groups is 2. The summed E-state index contributed by atoms with van der Waals surface area (Å²) in [6, 6.07) is 14.7.